The van der Waals surface area contributed by atoms with Crippen molar-refractivity contribution in [1.29, 1.82) is 0 Å². The minimum atomic E-state index is -3.65. The summed E-state index contributed by atoms with van der Waals surface area (Å²) >= 11 is 0. The van der Waals surface area contributed by atoms with Crippen LogP contribution in [0.1, 0.15) is 29.5 Å². The molecular weight excluding hydrogens is 450 g/mol. The van der Waals surface area contributed by atoms with Crippen LogP contribution in [0, 0.1) is 0 Å². The number of fused-ring (bicyclic) bond motifs is 1. The van der Waals surface area contributed by atoms with Crippen molar-refractivity contribution in [2.24, 2.45) is 5.73 Å². The Morgan fingerprint density at radius 1 is 0.912 bits per heavy atom. The predicted octanol–water partition coefficient (Wildman–Crippen LogP) is 3.43. The lowest BCUT2D eigenvalue weighted by atomic mass is 10.0. The second-order valence-corrected chi connectivity index (χ2v) is 10.2. The van der Waals surface area contributed by atoms with Crippen LogP contribution >= 0.6 is 0 Å². The van der Waals surface area contributed by atoms with Gasteiger partial charge in [0.15, 0.2) is 0 Å². The highest BCUT2D eigenvalue weighted by Gasteiger charge is 2.28. The predicted molar refractivity (Wildman–Crippen MR) is 132 cm³/mol. The molecule has 1 heterocycles. The van der Waals surface area contributed by atoms with E-state index in [9.17, 15) is 18.0 Å². The maximum Gasteiger partial charge on any atom is 0.264 e. The number of nitrogens with one attached hydrogen (secondary N) is 1. The second-order valence-electron chi connectivity index (χ2n) is 8.34. The number of primary amides is 1. The number of anilines is 2. The summed E-state index contributed by atoms with van der Waals surface area (Å²) in [4.78, 5) is 23.5. The van der Waals surface area contributed by atoms with Gasteiger partial charge in [0.05, 0.1) is 17.0 Å². The molecule has 3 N–H and O–H groups in total. The fourth-order valence-corrected chi connectivity index (χ4v) is 5.63. The van der Waals surface area contributed by atoms with E-state index >= 15 is 0 Å². The van der Waals surface area contributed by atoms with E-state index in [4.69, 9.17) is 5.73 Å². The summed E-state index contributed by atoms with van der Waals surface area (Å²) in [6, 6.07) is 21.3. The van der Waals surface area contributed by atoms with Crippen LogP contribution in [-0.4, -0.2) is 26.8 Å². The molecule has 0 saturated heterocycles. The van der Waals surface area contributed by atoms with Crippen molar-refractivity contribution in [2.75, 3.05) is 16.2 Å². The molecule has 1 aliphatic heterocycles. The molecule has 2 amide bonds. The highest BCUT2D eigenvalue weighted by Crippen LogP contribution is 2.31. The number of hydrogen-bond donors (Lipinski definition) is 2. The maximum absolute atomic E-state index is 13.2. The Labute approximate surface area is 199 Å². The zero-order valence-corrected chi connectivity index (χ0v) is 19.6. The van der Waals surface area contributed by atoms with Crippen molar-refractivity contribution in [3.05, 3.63) is 89.5 Å². The van der Waals surface area contributed by atoms with Gasteiger partial charge in [-0.05, 0) is 66.3 Å². The molecule has 7 nitrogen and oxygen atoms in total. The van der Waals surface area contributed by atoms with Crippen LogP contribution in [0.5, 0.6) is 0 Å². The number of carbonyl (C=O) groups is 2. The van der Waals surface area contributed by atoms with Gasteiger partial charge in [-0.25, -0.2) is 8.42 Å². The molecule has 0 unspecified atom stereocenters. The van der Waals surface area contributed by atoms with Gasteiger partial charge in [-0.15, -0.1) is 0 Å². The smallest absolute Gasteiger partial charge is 0.264 e. The van der Waals surface area contributed by atoms with E-state index in [1.807, 2.05) is 24.3 Å². The van der Waals surface area contributed by atoms with Gasteiger partial charge in [0.25, 0.3) is 10.0 Å². The second kappa shape index (κ2) is 10.1. The number of sulfonamides is 1. The Hall–Kier alpha value is -3.65. The van der Waals surface area contributed by atoms with Crippen molar-refractivity contribution in [2.45, 2.75) is 37.0 Å². The number of hydrogen-bond acceptors (Lipinski definition) is 4. The van der Waals surface area contributed by atoms with Gasteiger partial charge in [0.1, 0.15) is 0 Å². The highest BCUT2D eigenvalue weighted by molar-refractivity contribution is 7.92. The fraction of sp³-hybridized carbons (Fsp3) is 0.231. The molecule has 0 saturated carbocycles. The molecule has 3 aromatic rings. The van der Waals surface area contributed by atoms with Crippen molar-refractivity contribution in [1.82, 2.24) is 0 Å². The van der Waals surface area contributed by atoms with Crippen molar-refractivity contribution < 1.29 is 18.0 Å². The summed E-state index contributed by atoms with van der Waals surface area (Å²) < 4.78 is 28.0. The molecule has 0 atom stereocenters. The largest absolute Gasteiger partial charge is 0.369 e. The van der Waals surface area contributed by atoms with Crippen molar-refractivity contribution in [3.8, 4) is 0 Å². The first kappa shape index (κ1) is 23.5. The molecule has 0 bridgehead atoms. The summed E-state index contributed by atoms with van der Waals surface area (Å²) in [6.07, 6.45) is 2.56. The number of carbonyl (C=O) groups excluding carboxylic acids is 2. The number of benzene rings is 3. The van der Waals surface area contributed by atoms with Crippen molar-refractivity contribution in [3.63, 3.8) is 0 Å². The Morgan fingerprint density at radius 3 is 2.29 bits per heavy atom. The SMILES string of the molecule is NC(=O)Cc1ccc(NC(=O)CCc2ccc(S(=O)(=O)N3CCCc4ccccc43)cc2)cc1. The average Bonchev–Trinajstić information content (AvgIpc) is 2.83. The van der Waals surface area contributed by atoms with E-state index in [2.05, 4.69) is 5.32 Å². The molecule has 0 aromatic heterocycles. The lowest BCUT2D eigenvalue weighted by Gasteiger charge is -2.30. The summed E-state index contributed by atoms with van der Waals surface area (Å²) in [5.74, 6) is -0.555. The molecule has 3 aromatic carbocycles. The zero-order chi connectivity index (χ0) is 24.1. The van der Waals surface area contributed by atoms with Gasteiger partial charge >= 0.3 is 0 Å². The molecule has 1 aliphatic rings. The van der Waals surface area contributed by atoms with E-state index in [0.717, 1.165) is 35.2 Å². The van der Waals surface area contributed by atoms with Crippen LogP contribution in [0.2, 0.25) is 0 Å². The van der Waals surface area contributed by atoms with Gasteiger partial charge in [0.2, 0.25) is 11.8 Å². The average molecular weight is 478 g/mol. The standard InChI is InChI=1S/C26H27N3O4S/c27-25(30)18-20-7-12-22(13-8-20)28-26(31)16-11-19-9-14-23(15-10-19)34(32,33)29-17-3-5-21-4-1-2-6-24(21)29/h1-2,4,6-10,12-15H,3,5,11,16-18H2,(H2,27,30)(H,28,31). The van der Waals surface area contributed by atoms with E-state index in [1.54, 1.807) is 48.5 Å². The van der Waals surface area contributed by atoms with Gasteiger partial charge in [-0.1, -0.05) is 42.5 Å². The lowest BCUT2D eigenvalue weighted by molar-refractivity contribution is -0.117. The third-order valence-electron chi connectivity index (χ3n) is 5.84. The van der Waals surface area contributed by atoms with Crippen LogP contribution in [0.4, 0.5) is 11.4 Å². The third kappa shape index (κ3) is 5.46. The first-order chi connectivity index (χ1) is 16.3. The quantitative estimate of drug-likeness (QED) is 0.518. The summed E-state index contributed by atoms with van der Waals surface area (Å²) in [7, 11) is -3.65. The normalized spacial score (nSPS) is 13.2. The molecule has 0 radical (unpaired) electrons. The Morgan fingerprint density at radius 2 is 1.59 bits per heavy atom. The number of nitrogens with two attached hydrogens (primary N) is 1. The molecular formula is C26H27N3O4S. The molecule has 4 rings (SSSR count). The highest BCUT2D eigenvalue weighted by atomic mass is 32.2. The van der Waals surface area contributed by atoms with E-state index < -0.39 is 15.9 Å². The maximum atomic E-state index is 13.2. The number of rotatable bonds is 8. The molecule has 8 heteroatoms. The Balaban J connectivity index is 1.36. The number of nitrogens with zero attached hydrogens (tertiary/aromatic N) is 1. The van der Waals surface area contributed by atoms with Crippen molar-refractivity contribution >= 4 is 33.2 Å². The van der Waals surface area contributed by atoms with Crippen LogP contribution in [0.3, 0.4) is 0 Å². The minimum Gasteiger partial charge on any atom is -0.369 e. The number of para-hydroxylation sites is 1. The topological polar surface area (TPSA) is 110 Å². The molecule has 0 aliphatic carbocycles. The van der Waals surface area contributed by atoms with Gasteiger partial charge < -0.3 is 11.1 Å². The van der Waals surface area contributed by atoms with Crippen LogP contribution in [0.15, 0.2) is 77.7 Å². The van der Waals surface area contributed by atoms with Crippen LogP contribution in [0.25, 0.3) is 0 Å². The lowest BCUT2D eigenvalue weighted by Crippen LogP contribution is -2.35. The van der Waals surface area contributed by atoms with E-state index in [-0.39, 0.29) is 23.6 Å². The first-order valence-electron chi connectivity index (χ1n) is 11.2. The zero-order valence-electron chi connectivity index (χ0n) is 18.7. The summed E-state index contributed by atoms with van der Waals surface area (Å²) in [6.45, 7) is 0.463. The molecule has 34 heavy (non-hydrogen) atoms. The summed E-state index contributed by atoms with van der Waals surface area (Å²) in [5, 5.41) is 2.82. The Bertz CT molecular complexity index is 1290. The van der Waals surface area contributed by atoms with Crippen LogP contribution in [-0.2, 0) is 38.9 Å². The monoisotopic (exact) mass is 477 g/mol. The van der Waals surface area contributed by atoms with E-state index in [1.165, 1.54) is 4.31 Å². The minimum absolute atomic E-state index is 0.149. The molecule has 0 spiro atoms. The number of amides is 2. The molecule has 176 valence electrons. The third-order valence-corrected chi connectivity index (χ3v) is 7.66. The first-order valence-corrected chi connectivity index (χ1v) is 12.6. The Kier molecular flexibility index (Phi) is 6.98. The van der Waals surface area contributed by atoms with Gasteiger partial charge in [-0.2, -0.15) is 0 Å². The fourth-order valence-electron chi connectivity index (χ4n) is 4.09. The van der Waals surface area contributed by atoms with E-state index in [0.29, 0.717) is 18.7 Å². The summed E-state index contributed by atoms with van der Waals surface area (Å²) in [5.41, 5.74) is 9.28. The molecule has 0 fully saturated rings. The van der Waals surface area contributed by atoms with Gasteiger partial charge in [0, 0.05) is 18.7 Å². The van der Waals surface area contributed by atoms with Crippen LogP contribution < -0.4 is 15.4 Å². The number of aryl methyl sites for hydroxylation is 2. The van der Waals surface area contributed by atoms with Gasteiger partial charge in [-0.3, -0.25) is 13.9 Å².